The monoisotopic (exact) mass is 177 g/mol. The van der Waals surface area contributed by atoms with Crippen molar-refractivity contribution in [3.8, 4) is 0 Å². The summed E-state index contributed by atoms with van der Waals surface area (Å²) in [4.78, 5) is 0. The first-order chi connectivity index (χ1) is 6.26. The molecule has 2 N–H and O–H groups in total. The molecule has 0 heterocycles. The Morgan fingerprint density at radius 1 is 1.15 bits per heavy atom. The summed E-state index contributed by atoms with van der Waals surface area (Å²) >= 11 is 0. The minimum atomic E-state index is 0.779. The smallest absolute Gasteiger partial charge is 0.0384 e. The topological polar surface area (TPSA) is 26.0 Å². The van der Waals surface area contributed by atoms with Crippen LogP contribution in [0, 0.1) is 0 Å². The first-order valence-corrected chi connectivity index (χ1v) is 4.71. The lowest BCUT2D eigenvalue weighted by Gasteiger charge is -1.97. The highest BCUT2D eigenvalue weighted by atomic mass is 14.6. The van der Waals surface area contributed by atoms with E-state index >= 15 is 0 Å². The summed E-state index contributed by atoms with van der Waals surface area (Å²) in [6.07, 6.45) is 11.8. The number of hydrogen-bond donors (Lipinski definition) is 1. The zero-order chi connectivity index (χ0) is 10.1. The van der Waals surface area contributed by atoms with Gasteiger partial charge < -0.3 is 5.73 Å². The lowest BCUT2D eigenvalue weighted by molar-refractivity contribution is 1.20. The molecule has 0 fully saturated rings. The number of allylic oxidation sites excluding steroid dienone is 6. The largest absolute Gasteiger partial charge is 0.398 e. The van der Waals surface area contributed by atoms with Gasteiger partial charge in [0.1, 0.15) is 0 Å². The summed E-state index contributed by atoms with van der Waals surface area (Å²) in [6.45, 7) is 7.90. The molecule has 0 aromatic rings. The molecule has 0 aromatic heterocycles. The molecule has 0 atom stereocenters. The normalized spacial score (nSPS) is 13.7. The summed E-state index contributed by atoms with van der Waals surface area (Å²) in [5, 5.41) is 0. The van der Waals surface area contributed by atoms with Crippen LogP contribution in [-0.2, 0) is 0 Å². The van der Waals surface area contributed by atoms with Crippen molar-refractivity contribution >= 4 is 0 Å². The van der Waals surface area contributed by atoms with Gasteiger partial charge in [0.25, 0.3) is 0 Å². The Morgan fingerprint density at radius 3 is 2.15 bits per heavy atom. The molecule has 0 aliphatic rings. The van der Waals surface area contributed by atoms with E-state index in [9.17, 15) is 0 Å². The standard InChI is InChI=1S/C12H19N/c1-4-7-9-11(6-3)12(13)10-8-5-2/h6-10H,3-5,13H2,1-2H3/b9-7-,10-8-,12-11-. The molecule has 0 radical (unpaired) electrons. The molecule has 0 aromatic carbocycles. The Morgan fingerprint density at radius 2 is 1.69 bits per heavy atom. The minimum absolute atomic E-state index is 0.779. The predicted molar refractivity (Wildman–Crippen MR) is 60.3 cm³/mol. The summed E-state index contributed by atoms with van der Waals surface area (Å²) in [5.74, 6) is 0. The van der Waals surface area contributed by atoms with E-state index in [4.69, 9.17) is 5.73 Å². The van der Waals surface area contributed by atoms with E-state index in [1.54, 1.807) is 6.08 Å². The lowest BCUT2D eigenvalue weighted by atomic mass is 10.1. The van der Waals surface area contributed by atoms with Crippen molar-refractivity contribution in [1.29, 1.82) is 0 Å². The molecule has 0 saturated heterocycles. The van der Waals surface area contributed by atoms with E-state index < -0.39 is 0 Å². The molecular weight excluding hydrogens is 158 g/mol. The van der Waals surface area contributed by atoms with Gasteiger partial charge >= 0.3 is 0 Å². The molecule has 0 saturated carbocycles. The van der Waals surface area contributed by atoms with E-state index in [1.165, 1.54) is 0 Å². The molecule has 0 rings (SSSR count). The quantitative estimate of drug-likeness (QED) is 0.640. The molecule has 0 amide bonds. The maximum Gasteiger partial charge on any atom is 0.0384 e. The Bertz CT molecular complexity index is 232. The van der Waals surface area contributed by atoms with Gasteiger partial charge in [-0.15, -0.1) is 0 Å². The maximum absolute atomic E-state index is 5.83. The SMILES string of the molecule is C=CC(/C=C\CC)=C(N)\C=C/CC. The van der Waals surface area contributed by atoms with Gasteiger partial charge in [-0.05, 0) is 24.5 Å². The van der Waals surface area contributed by atoms with Crippen LogP contribution in [0.4, 0.5) is 0 Å². The fraction of sp³-hybridized carbons (Fsp3) is 0.333. The van der Waals surface area contributed by atoms with Crippen LogP contribution >= 0.6 is 0 Å². The average molecular weight is 177 g/mol. The molecular formula is C12H19N. The second-order valence-electron chi connectivity index (χ2n) is 2.74. The molecule has 0 bridgehead atoms. The zero-order valence-corrected chi connectivity index (χ0v) is 8.59. The average Bonchev–Trinajstić information content (AvgIpc) is 2.16. The van der Waals surface area contributed by atoms with Gasteiger partial charge in [0.05, 0.1) is 0 Å². The van der Waals surface area contributed by atoms with Gasteiger partial charge in [-0.1, -0.05) is 44.7 Å². The van der Waals surface area contributed by atoms with Crippen molar-refractivity contribution in [1.82, 2.24) is 0 Å². The van der Waals surface area contributed by atoms with Crippen LogP contribution in [0.3, 0.4) is 0 Å². The third kappa shape index (κ3) is 5.07. The molecule has 0 spiro atoms. The van der Waals surface area contributed by atoms with E-state index in [-0.39, 0.29) is 0 Å². The van der Waals surface area contributed by atoms with E-state index in [1.807, 2.05) is 18.2 Å². The van der Waals surface area contributed by atoms with E-state index in [2.05, 4.69) is 26.5 Å². The summed E-state index contributed by atoms with van der Waals surface area (Å²) in [5.41, 5.74) is 7.60. The molecule has 0 aliphatic heterocycles. The molecule has 0 aliphatic carbocycles. The zero-order valence-electron chi connectivity index (χ0n) is 8.59. The lowest BCUT2D eigenvalue weighted by Crippen LogP contribution is -1.96. The highest BCUT2D eigenvalue weighted by molar-refractivity contribution is 5.38. The highest BCUT2D eigenvalue weighted by Gasteiger charge is 1.89. The molecule has 72 valence electrons. The van der Waals surface area contributed by atoms with Gasteiger partial charge in [0.2, 0.25) is 0 Å². The maximum atomic E-state index is 5.83. The van der Waals surface area contributed by atoms with Crippen LogP contribution in [-0.4, -0.2) is 0 Å². The third-order valence-corrected chi connectivity index (χ3v) is 1.62. The van der Waals surface area contributed by atoms with Crippen LogP contribution in [0.15, 0.2) is 48.2 Å². The van der Waals surface area contributed by atoms with Crippen molar-refractivity contribution in [3.63, 3.8) is 0 Å². The second kappa shape index (κ2) is 7.41. The summed E-state index contributed by atoms with van der Waals surface area (Å²) < 4.78 is 0. The van der Waals surface area contributed by atoms with Crippen molar-refractivity contribution in [2.75, 3.05) is 0 Å². The van der Waals surface area contributed by atoms with Crippen molar-refractivity contribution in [3.05, 3.63) is 48.2 Å². The summed E-state index contributed by atoms with van der Waals surface area (Å²) in [7, 11) is 0. The fourth-order valence-electron chi connectivity index (χ4n) is 0.868. The van der Waals surface area contributed by atoms with Gasteiger partial charge in [0, 0.05) is 5.70 Å². The minimum Gasteiger partial charge on any atom is -0.398 e. The Hall–Kier alpha value is -1.24. The van der Waals surface area contributed by atoms with Crippen LogP contribution < -0.4 is 5.73 Å². The molecule has 1 heteroatoms. The molecule has 13 heavy (non-hydrogen) atoms. The predicted octanol–water partition coefficient (Wildman–Crippen LogP) is 3.32. The van der Waals surface area contributed by atoms with Gasteiger partial charge in [-0.3, -0.25) is 0 Å². The van der Waals surface area contributed by atoms with E-state index in [0.29, 0.717) is 0 Å². The molecule has 1 nitrogen and oxygen atoms in total. The fourth-order valence-corrected chi connectivity index (χ4v) is 0.868. The Labute approximate surface area is 81.3 Å². The molecule has 0 unspecified atom stereocenters. The van der Waals surface area contributed by atoms with Crippen LogP contribution in [0.2, 0.25) is 0 Å². The second-order valence-corrected chi connectivity index (χ2v) is 2.74. The first kappa shape index (κ1) is 11.8. The van der Waals surface area contributed by atoms with Crippen LogP contribution in [0.5, 0.6) is 0 Å². The number of hydrogen-bond acceptors (Lipinski definition) is 1. The van der Waals surface area contributed by atoms with Crippen molar-refractivity contribution < 1.29 is 0 Å². The van der Waals surface area contributed by atoms with E-state index in [0.717, 1.165) is 24.1 Å². The number of rotatable bonds is 5. The Kier molecular flexibility index (Phi) is 6.70. The van der Waals surface area contributed by atoms with Gasteiger partial charge in [-0.25, -0.2) is 0 Å². The van der Waals surface area contributed by atoms with Crippen LogP contribution in [0.1, 0.15) is 26.7 Å². The van der Waals surface area contributed by atoms with Gasteiger partial charge in [0.15, 0.2) is 0 Å². The summed E-state index contributed by atoms with van der Waals surface area (Å²) in [6, 6.07) is 0. The number of nitrogens with two attached hydrogens (primary N) is 1. The van der Waals surface area contributed by atoms with Crippen molar-refractivity contribution in [2.45, 2.75) is 26.7 Å². The van der Waals surface area contributed by atoms with Gasteiger partial charge in [-0.2, -0.15) is 0 Å². The van der Waals surface area contributed by atoms with Crippen molar-refractivity contribution in [2.24, 2.45) is 5.73 Å². The van der Waals surface area contributed by atoms with Crippen LogP contribution in [0.25, 0.3) is 0 Å². The highest BCUT2D eigenvalue weighted by Crippen LogP contribution is 2.05. The first-order valence-electron chi connectivity index (χ1n) is 4.71. The third-order valence-electron chi connectivity index (χ3n) is 1.62. The Balaban J connectivity index is 4.58.